The number of hydrogen-bond acceptors (Lipinski definition) is 12. The van der Waals surface area contributed by atoms with Gasteiger partial charge in [-0.2, -0.15) is 10.2 Å². The maximum Gasteiger partial charge on any atom is 0.238 e. The molecule has 2 aromatic carbocycles. The van der Waals surface area contributed by atoms with E-state index in [0.717, 1.165) is 75.1 Å². The number of piperidine rings is 2. The molecule has 0 aliphatic carbocycles. The maximum absolute atomic E-state index is 12.1. The molecule has 0 amide bonds. The summed E-state index contributed by atoms with van der Waals surface area (Å²) in [5.41, 5.74) is 6.82. The van der Waals surface area contributed by atoms with Crippen molar-refractivity contribution in [1.29, 1.82) is 0 Å². The molecule has 10 rings (SSSR count). The van der Waals surface area contributed by atoms with E-state index in [1.165, 1.54) is 57.7 Å². The molecule has 6 aromatic heterocycles. The SMILES string of the molecule is Brc1cnn2cc(-c3ccc(OCCN4CCCCC4)nc3)cnc12.NS(=O)(=O)c1ccc(-c2cnn3cc(-c4ccc(OCCN5CCCCC5)nc4)cnc23)c2ccccc12. The Morgan fingerprint density at radius 2 is 1.08 bits per heavy atom. The number of primary sulfonamides is 1. The molecule has 0 saturated carbocycles. The summed E-state index contributed by atoms with van der Waals surface area (Å²) >= 11 is 3.43. The molecule has 63 heavy (non-hydrogen) atoms. The normalized spacial score (nSPS) is 15.1. The minimum atomic E-state index is -3.86. The summed E-state index contributed by atoms with van der Waals surface area (Å²) in [6.07, 6.45) is 22.4. The van der Waals surface area contributed by atoms with E-state index in [2.05, 4.69) is 55.9 Å². The molecule has 15 nitrogen and oxygen atoms in total. The molecule has 0 bridgehead atoms. The van der Waals surface area contributed by atoms with Crippen molar-refractivity contribution >= 4 is 48.0 Å². The van der Waals surface area contributed by atoms with Crippen molar-refractivity contribution in [3.8, 4) is 45.1 Å². The Morgan fingerprint density at radius 3 is 1.63 bits per heavy atom. The number of fused-ring (bicyclic) bond motifs is 3. The summed E-state index contributed by atoms with van der Waals surface area (Å²) in [5, 5.41) is 15.6. The van der Waals surface area contributed by atoms with Crippen LogP contribution >= 0.6 is 15.9 Å². The van der Waals surface area contributed by atoms with Crippen LogP contribution in [0.25, 0.3) is 55.4 Å². The average Bonchev–Trinajstić information content (AvgIpc) is 3.92. The number of nitrogens with two attached hydrogens (primary N) is 1. The van der Waals surface area contributed by atoms with Gasteiger partial charge in [0.2, 0.25) is 21.8 Å². The van der Waals surface area contributed by atoms with E-state index in [0.29, 0.717) is 36.0 Å². The standard InChI is InChI=1S/C28H28N6O3S.C18H20BrN5O/c29-38(35,36)26-10-9-23(22-6-2-3-7-24(22)26)25-18-32-34-19-21(17-31-28(25)34)20-8-11-27(30-16-20)37-15-14-33-12-4-1-5-13-33;19-16-12-22-24-13-15(11-21-18(16)24)14-4-5-17(20-10-14)25-9-8-23-6-2-1-3-7-23/h2-3,6-11,16-19H,1,4-5,12-15H2,(H2,29,35,36);4-5,10-13H,1-3,6-9H2. The first-order chi connectivity index (χ1) is 30.8. The van der Waals surface area contributed by atoms with Crippen molar-refractivity contribution in [2.24, 2.45) is 5.14 Å². The topological polar surface area (TPSA) is 171 Å². The van der Waals surface area contributed by atoms with Crippen LogP contribution in [0.2, 0.25) is 0 Å². The Morgan fingerprint density at radius 1 is 0.556 bits per heavy atom. The summed E-state index contributed by atoms with van der Waals surface area (Å²) in [4.78, 5) is 23.0. The lowest BCUT2D eigenvalue weighted by Gasteiger charge is -2.26. The van der Waals surface area contributed by atoms with E-state index in [-0.39, 0.29) is 4.90 Å². The molecular formula is C46H48BrN11O4S. The second-order valence-electron chi connectivity index (χ2n) is 15.7. The van der Waals surface area contributed by atoms with E-state index in [9.17, 15) is 8.42 Å². The largest absolute Gasteiger partial charge is 0.476 e. The number of ether oxygens (including phenoxy) is 2. The molecule has 2 fully saturated rings. The molecule has 2 aliphatic rings. The van der Waals surface area contributed by atoms with Gasteiger partial charge in [0.15, 0.2) is 11.3 Å². The predicted molar refractivity (Wildman–Crippen MR) is 246 cm³/mol. The van der Waals surface area contributed by atoms with Gasteiger partial charge < -0.3 is 9.47 Å². The number of benzene rings is 2. The molecule has 2 saturated heterocycles. The van der Waals surface area contributed by atoms with Crippen molar-refractivity contribution in [1.82, 2.24) is 49.0 Å². The Kier molecular flexibility index (Phi) is 13.0. The fourth-order valence-corrected chi connectivity index (χ4v) is 9.28. The van der Waals surface area contributed by atoms with Gasteiger partial charge >= 0.3 is 0 Å². The van der Waals surface area contributed by atoms with Crippen molar-refractivity contribution < 1.29 is 17.9 Å². The summed E-state index contributed by atoms with van der Waals surface area (Å²) in [5.74, 6) is 1.27. The lowest BCUT2D eigenvalue weighted by molar-refractivity contribution is 0.180. The van der Waals surface area contributed by atoms with Crippen LogP contribution in [-0.4, -0.2) is 110 Å². The van der Waals surface area contributed by atoms with E-state index >= 15 is 0 Å². The number of likely N-dealkylation sites (tertiary alicyclic amines) is 2. The van der Waals surface area contributed by atoms with Crippen molar-refractivity contribution in [2.75, 3.05) is 52.5 Å². The van der Waals surface area contributed by atoms with Gasteiger partial charge in [0.05, 0.1) is 21.8 Å². The highest BCUT2D eigenvalue weighted by Gasteiger charge is 2.18. The Bertz CT molecular complexity index is 2930. The molecule has 2 N–H and O–H groups in total. The molecule has 8 heterocycles. The van der Waals surface area contributed by atoms with Crippen LogP contribution in [-0.2, 0) is 10.0 Å². The van der Waals surface area contributed by atoms with Gasteiger partial charge in [-0.1, -0.05) is 43.2 Å². The first-order valence-corrected chi connectivity index (χ1v) is 23.6. The van der Waals surface area contributed by atoms with Gasteiger partial charge in [0.1, 0.15) is 13.2 Å². The van der Waals surface area contributed by atoms with Crippen LogP contribution in [0.5, 0.6) is 11.8 Å². The van der Waals surface area contributed by atoms with Gasteiger partial charge in [0.25, 0.3) is 0 Å². The van der Waals surface area contributed by atoms with Gasteiger partial charge in [-0.05, 0) is 96.9 Å². The van der Waals surface area contributed by atoms with Crippen LogP contribution in [0.1, 0.15) is 38.5 Å². The Labute approximate surface area is 374 Å². The van der Waals surface area contributed by atoms with Gasteiger partial charge in [0, 0.05) is 95.6 Å². The molecule has 0 unspecified atom stereocenters. The third-order valence-corrected chi connectivity index (χ3v) is 13.0. The fraction of sp³-hybridized carbons (Fsp3) is 0.304. The third kappa shape index (κ3) is 10.0. The number of sulfonamides is 1. The lowest BCUT2D eigenvalue weighted by Crippen LogP contribution is -2.33. The summed E-state index contributed by atoms with van der Waals surface area (Å²) in [6, 6.07) is 18.3. The highest BCUT2D eigenvalue weighted by atomic mass is 79.9. The zero-order valence-corrected chi connectivity index (χ0v) is 37.2. The van der Waals surface area contributed by atoms with E-state index in [4.69, 9.17) is 14.6 Å². The van der Waals surface area contributed by atoms with Crippen LogP contribution in [0.15, 0.2) is 120 Å². The minimum Gasteiger partial charge on any atom is -0.476 e. The maximum atomic E-state index is 12.1. The number of hydrogen-bond donors (Lipinski definition) is 1. The number of aromatic nitrogens is 8. The highest BCUT2D eigenvalue weighted by molar-refractivity contribution is 9.10. The van der Waals surface area contributed by atoms with Crippen molar-refractivity contribution in [3.05, 3.63) is 115 Å². The van der Waals surface area contributed by atoms with Crippen molar-refractivity contribution in [2.45, 2.75) is 43.4 Å². The number of pyridine rings is 2. The number of halogens is 1. The Hall–Kier alpha value is -5.85. The summed E-state index contributed by atoms with van der Waals surface area (Å²) in [7, 11) is -3.86. The quantitative estimate of drug-likeness (QED) is 0.128. The molecule has 0 spiro atoms. The second-order valence-corrected chi connectivity index (χ2v) is 18.1. The van der Waals surface area contributed by atoms with Crippen LogP contribution in [0.4, 0.5) is 0 Å². The zero-order valence-electron chi connectivity index (χ0n) is 34.8. The molecule has 0 radical (unpaired) electrons. The van der Waals surface area contributed by atoms with Crippen LogP contribution < -0.4 is 14.6 Å². The summed E-state index contributed by atoms with van der Waals surface area (Å²) < 4.78 is 40.2. The first-order valence-electron chi connectivity index (χ1n) is 21.3. The predicted octanol–water partition coefficient (Wildman–Crippen LogP) is 7.54. The monoisotopic (exact) mass is 929 g/mol. The average molecular weight is 931 g/mol. The minimum absolute atomic E-state index is 0.0926. The van der Waals surface area contributed by atoms with Crippen LogP contribution in [0, 0.1) is 0 Å². The number of rotatable bonds is 12. The zero-order chi connectivity index (χ0) is 43.2. The first kappa shape index (κ1) is 42.5. The third-order valence-electron chi connectivity index (χ3n) is 11.5. The molecule has 8 aromatic rings. The highest BCUT2D eigenvalue weighted by Crippen LogP contribution is 2.34. The molecule has 17 heteroatoms. The van der Waals surface area contributed by atoms with Gasteiger partial charge in [-0.25, -0.2) is 42.5 Å². The smallest absolute Gasteiger partial charge is 0.238 e. The molecule has 0 atom stereocenters. The molecule has 2 aliphatic heterocycles. The lowest BCUT2D eigenvalue weighted by atomic mass is 10.00. The van der Waals surface area contributed by atoms with Crippen LogP contribution in [0.3, 0.4) is 0 Å². The van der Waals surface area contributed by atoms with E-state index in [1.54, 1.807) is 52.0 Å². The van der Waals surface area contributed by atoms with E-state index in [1.807, 2.05) is 61.2 Å². The van der Waals surface area contributed by atoms with Crippen molar-refractivity contribution in [3.63, 3.8) is 0 Å². The fourth-order valence-electron chi connectivity index (χ4n) is 8.16. The Balaban J connectivity index is 0.000000174. The van der Waals surface area contributed by atoms with Gasteiger partial charge in [-0.3, -0.25) is 9.80 Å². The number of nitrogens with zero attached hydrogens (tertiary/aromatic N) is 10. The molecule has 324 valence electrons. The second kappa shape index (κ2) is 19.3. The summed E-state index contributed by atoms with van der Waals surface area (Å²) in [6.45, 7) is 7.88. The molecular weight excluding hydrogens is 883 g/mol. The van der Waals surface area contributed by atoms with E-state index < -0.39 is 10.0 Å². The van der Waals surface area contributed by atoms with Gasteiger partial charge in [-0.15, -0.1) is 0 Å².